The number of aromatic nitrogens is 8. The molecule has 7 N–H and O–H groups in total. The lowest BCUT2D eigenvalue weighted by Gasteiger charge is -2.34. The Bertz CT molecular complexity index is 1750. The molecule has 1 unspecified atom stereocenters. The van der Waals surface area contributed by atoms with Crippen molar-refractivity contribution in [2.24, 2.45) is 0 Å². The fourth-order valence-electron chi connectivity index (χ4n) is 6.21. The number of hydrogen-bond acceptors (Lipinski definition) is 14. The maximum Gasteiger partial charge on any atom is 0.280 e. The molecule has 3 aliphatic heterocycles. The molecule has 3 aliphatic rings. The van der Waals surface area contributed by atoms with Crippen molar-refractivity contribution >= 4 is 41.6 Å². The lowest BCUT2D eigenvalue weighted by Crippen LogP contribution is -2.35. The molecule has 3 fully saturated rings. The van der Waals surface area contributed by atoms with E-state index in [1.165, 1.54) is 23.5 Å². The van der Waals surface area contributed by atoms with Gasteiger partial charge in [0.2, 0.25) is 5.95 Å². The highest BCUT2D eigenvalue weighted by Gasteiger charge is 2.52. The normalized spacial score (nSPS) is 29.6. The molecular weight excluding hydrogens is 585 g/mol. The Morgan fingerprint density at radius 3 is 2.47 bits per heavy atom. The lowest BCUT2D eigenvalue weighted by molar-refractivity contribution is -0.0404. The number of H-pyrrole nitrogens is 1. The van der Waals surface area contributed by atoms with E-state index >= 15 is 0 Å². The van der Waals surface area contributed by atoms with Gasteiger partial charge in [0, 0.05) is 25.9 Å². The quantitative estimate of drug-likeness (QED) is 0.160. The van der Waals surface area contributed by atoms with E-state index in [0.29, 0.717) is 24.3 Å². The summed E-state index contributed by atoms with van der Waals surface area (Å²) >= 11 is 0. The van der Waals surface area contributed by atoms with Gasteiger partial charge in [-0.15, -0.1) is 0 Å². The zero-order valence-corrected chi connectivity index (χ0v) is 23.9. The first-order valence-electron chi connectivity index (χ1n) is 14.0. The van der Waals surface area contributed by atoms with Crippen LogP contribution in [-0.2, 0) is 18.6 Å². The maximum atomic E-state index is 14.9. The summed E-state index contributed by atoms with van der Waals surface area (Å²) in [6.45, 7) is 0.576. The highest BCUT2D eigenvalue weighted by molar-refractivity contribution is 7.57. The van der Waals surface area contributed by atoms with Crippen molar-refractivity contribution in [2.45, 2.75) is 62.1 Å². The van der Waals surface area contributed by atoms with Gasteiger partial charge in [-0.3, -0.25) is 23.5 Å². The van der Waals surface area contributed by atoms with Crippen molar-refractivity contribution in [3.63, 3.8) is 0 Å². The van der Waals surface area contributed by atoms with Crippen LogP contribution in [0.15, 0.2) is 23.8 Å². The second kappa shape index (κ2) is 10.9. The minimum Gasteiger partial charge on any atom is -0.394 e. The third-order valence-electron chi connectivity index (χ3n) is 8.37. The molecule has 0 bridgehead atoms. The predicted molar refractivity (Wildman–Crippen MR) is 151 cm³/mol. The van der Waals surface area contributed by atoms with E-state index in [2.05, 4.69) is 29.9 Å². The van der Waals surface area contributed by atoms with Gasteiger partial charge < -0.3 is 35.7 Å². The molecule has 7 heterocycles. The Labute approximate surface area is 243 Å². The number of ether oxygens (including phenoxy) is 2. The summed E-state index contributed by atoms with van der Waals surface area (Å²) in [5, 5.41) is 21.2. The zero-order valence-electron chi connectivity index (χ0n) is 23.0. The third-order valence-corrected chi connectivity index (χ3v) is 11.5. The first-order chi connectivity index (χ1) is 20.8. The second-order valence-electron chi connectivity index (χ2n) is 10.9. The molecule has 19 heteroatoms. The minimum absolute atomic E-state index is 0.0700. The van der Waals surface area contributed by atoms with Crippen molar-refractivity contribution in [1.82, 2.24) is 43.7 Å². The fourth-order valence-corrected chi connectivity index (χ4v) is 9.22. The third kappa shape index (κ3) is 4.79. The van der Waals surface area contributed by atoms with Gasteiger partial charge in [0.1, 0.15) is 30.4 Å². The van der Waals surface area contributed by atoms with Crippen molar-refractivity contribution in [1.29, 1.82) is 0 Å². The first kappa shape index (κ1) is 28.3. The largest absolute Gasteiger partial charge is 0.394 e. The Kier molecular flexibility index (Phi) is 7.16. The molecule has 7 atom stereocenters. The van der Waals surface area contributed by atoms with Gasteiger partial charge in [-0.1, -0.05) is 0 Å². The number of nitrogens with zero attached hydrogens (tertiary/aromatic N) is 8. The highest BCUT2D eigenvalue weighted by Crippen LogP contribution is 2.62. The van der Waals surface area contributed by atoms with Crippen molar-refractivity contribution < 1.29 is 28.8 Å². The van der Waals surface area contributed by atoms with Crippen LogP contribution >= 0.6 is 7.52 Å². The maximum absolute atomic E-state index is 14.9. The molecule has 0 saturated carbocycles. The number of aliphatic hydroxyl groups is 2. The van der Waals surface area contributed by atoms with Gasteiger partial charge in [-0.2, -0.15) is 4.98 Å². The molecule has 4 aromatic rings. The standard InChI is InChI=1S/C24H32N11O7P/c25-20-18-21(28-9-27-20)34(10-29-18)17-6-15(13(7-36)41-17)43(39,33-3-1-2-4-33)40-8-14-12(37)5-16(42-14)35-11-30-19-22(35)31-24(26)32-23(19)38/h9-17,36-37H,1-8H2,(H2,25,27,28)(H3,26,31,32,38)/t12-,13+,14+,15+,16+,17+,43?/m1/s1. The average Bonchev–Trinajstić information content (AvgIpc) is 3.81. The molecule has 0 radical (unpaired) electrons. The first-order valence-corrected chi connectivity index (χ1v) is 15.7. The molecule has 3 saturated heterocycles. The zero-order chi connectivity index (χ0) is 29.9. The minimum atomic E-state index is -3.63. The highest BCUT2D eigenvalue weighted by atomic mass is 31.2. The average molecular weight is 618 g/mol. The lowest BCUT2D eigenvalue weighted by atomic mass is 10.2. The van der Waals surface area contributed by atoms with Gasteiger partial charge in [-0.25, -0.2) is 24.6 Å². The summed E-state index contributed by atoms with van der Waals surface area (Å²) in [6.07, 6.45) is 2.48. The van der Waals surface area contributed by atoms with Crippen molar-refractivity contribution in [2.75, 3.05) is 37.8 Å². The Hall–Kier alpha value is -3.51. The molecule has 0 amide bonds. The summed E-state index contributed by atoms with van der Waals surface area (Å²) in [5.41, 5.74) is 11.7. The monoisotopic (exact) mass is 617 g/mol. The van der Waals surface area contributed by atoms with Crippen molar-refractivity contribution in [3.05, 3.63) is 29.3 Å². The van der Waals surface area contributed by atoms with Gasteiger partial charge in [0.15, 0.2) is 22.6 Å². The molecule has 230 valence electrons. The number of rotatable bonds is 8. The fraction of sp³-hybridized carbons (Fsp3) is 0.583. The number of anilines is 2. The van der Waals surface area contributed by atoms with E-state index in [0.717, 1.165) is 12.8 Å². The Morgan fingerprint density at radius 2 is 1.70 bits per heavy atom. The molecule has 7 rings (SSSR count). The van der Waals surface area contributed by atoms with E-state index in [9.17, 15) is 19.6 Å². The van der Waals surface area contributed by atoms with Crippen LogP contribution in [0, 0.1) is 0 Å². The number of hydrogen-bond donors (Lipinski definition) is 5. The van der Waals surface area contributed by atoms with Crippen LogP contribution < -0.4 is 17.0 Å². The number of fused-ring (bicyclic) bond motifs is 2. The molecule has 4 aromatic heterocycles. The smallest absolute Gasteiger partial charge is 0.280 e. The van der Waals surface area contributed by atoms with E-state index < -0.39 is 49.5 Å². The number of aliphatic hydroxyl groups excluding tert-OH is 2. The number of nitrogens with two attached hydrogens (primary N) is 2. The van der Waals surface area contributed by atoms with Crippen molar-refractivity contribution in [3.8, 4) is 0 Å². The van der Waals surface area contributed by atoms with Gasteiger partial charge in [0.05, 0.1) is 43.7 Å². The van der Waals surface area contributed by atoms with Gasteiger partial charge in [-0.05, 0) is 12.8 Å². The number of nitrogen functional groups attached to an aromatic ring is 2. The number of nitrogens with one attached hydrogen (secondary N) is 1. The van der Waals surface area contributed by atoms with Crippen LogP contribution in [-0.4, -0.2) is 104 Å². The molecule has 43 heavy (non-hydrogen) atoms. The van der Waals surface area contributed by atoms with Crippen LogP contribution in [0.25, 0.3) is 22.3 Å². The summed E-state index contributed by atoms with van der Waals surface area (Å²) in [7, 11) is -3.63. The summed E-state index contributed by atoms with van der Waals surface area (Å²) in [6, 6.07) is 0. The van der Waals surface area contributed by atoms with Crippen LogP contribution in [0.3, 0.4) is 0 Å². The van der Waals surface area contributed by atoms with E-state index in [1.54, 1.807) is 4.57 Å². The van der Waals surface area contributed by atoms with Crippen LogP contribution in [0.4, 0.5) is 11.8 Å². The summed E-state index contributed by atoms with van der Waals surface area (Å²) in [5.74, 6) is 0.158. The van der Waals surface area contributed by atoms with E-state index in [-0.39, 0.29) is 49.0 Å². The van der Waals surface area contributed by atoms with Crippen LogP contribution in [0.2, 0.25) is 0 Å². The van der Waals surface area contributed by atoms with Crippen LogP contribution in [0.1, 0.15) is 38.1 Å². The van der Waals surface area contributed by atoms with E-state index in [4.69, 9.17) is 25.5 Å². The predicted octanol–water partition coefficient (Wildman–Crippen LogP) is -0.274. The summed E-state index contributed by atoms with van der Waals surface area (Å²) < 4.78 is 38.5. The summed E-state index contributed by atoms with van der Waals surface area (Å²) in [4.78, 5) is 35.5. The Morgan fingerprint density at radius 1 is 1.00 bits per heavy atom. The number of imidazole rings is 2. The van der Waals surface area contributed by atoms with Gasteiger partial charge >= 0.3 is 0 Å². The molecular formula is C24H32N11O7P. The second-order valence-corrected chi connectivity index (χ2v) is 13.5. The molecule has 0 aromatic carbocycles. The SMILES string of the molecule is Nc1nc2c(ncn2[C@@H]2C[C@@H](O)[C@H](COP(=O)([C@H]3C[C@@H](n4cnc5c(N)ncnc54)O[C@H]3CO)N3CCCC3)O2)c(=O)[nH]1. The molecule has 0 spiro atoms. The molecule has 0 aliphatic carbocycles. The van der Waals surface area contributed by atoms with Gasteiger partial charge in [0.25, 0.3) is 13.1 Å². The van der Waals surface area contributed by atoms with E-state index in [1.807, 2.05) is 4.67 Å². The topological polar surface area (TPSA) is 248 Å². The molecule has 18 nitrogen and oxygen atoms in total. The van der Waals surface area contributed by atoms with Crippen LogP contribution in [0.5, 0.6) is 0 Å². The number of aromatic amines is 1. The Balaban J connectivity index is 1.12.